The molecular weight excluding hydrogens is 178 g/mol. The van der Waals surface area contributed by atoms with Crippen molar-refractivity contribution in [1.82, 2.24) is 4.90 Å². The van der Waals surface area contributed by atoms with E-state index >= 15 is 0 Å². The molecule has 82 valence electrons. The molecular formula is C11H21NO2. The molecule has 0 spiro atoms. The van der Waals surface area contributed by atoms with Crippen LogP contribution in [0.4, 0.5) is 0 Å². The van der Waals surface area contributed by atoms with Crippen LogP contribution in [0.2, 0.25) is 0 Å². The van der Waals surface area contributed by atoms with Crippen LogP contribution < -0.4 is 0 Å². The summed E-state index contributed by atoms with van der Waals surface area (Å²) in [5.74, 6) is 1.39. The van der Waals surface area contributed by atoms with Gasteiger partial charge in [0.15, 0.2) is 0 Å². The number of hydrogen-bond acceptors (Lipinski definition) is 2. The van der Waals surface area contributed by atoms with E-state index in [4.69, 9.17) is 0 Å². The molecule has 1 fully saturated rings. The molecule has 0 bridgehead atoms. The van der Waals surface area contributed by atoms with E-state index in [1.165, 1.54) is 0 Å². The number of carbonyl (C=O) groups excluding carboxylic acids is 1. The summed E-state index contributed by atoms with van der Waals surface area (Å²) in [5, 5.41) is 9.48. The van der Waals surface area contributed by atoms with Gasteiger partial charge in [0.05, 0.1) is 12.0 Å². The van der Waals surface area contributed by atoms with E-state index in [2.05, 4.69) is 13.8 Å². The number of nitrogens with zero attached hydrogens (tertiary/aromatic N) is 1. The maximum Gasteiger partial charge on any atom is 0.225 e. The van der Waals surface area contributed by atoms with E-state index in [-0.39, 0.29) is 12.3 Å². The molecule has 3 heteroatoms. The third kappa shape index (κ3) is 2.98. The topological polar surface area (TPSA) is 40.5 Å². The van der Waals surface area contributed by atoms with Gasteiger partial charge in [0.25, 0.3) is 0 Å². The molecule has 1 heterocycles. The third-order valence-corrected chi connectivity index (χ3v) is 2.79. The Kier molecular flexibility index (Phi) is 3.20. The summed E-state index contributed by atoms with van der Waals surface area (Å²) in [6.07, 6.45) is 0.234. The average Bonchev–Trinajstić information content (AvgIpc) is 1.75. The van der Waals surface area contributed by atoms with Crippen LogP contribution in [0.5, 0.6) is 0 Å². The number of hydrogen-bond donors (Lipinski definition) is 1. The van der Waals surface area contributed by atoms with E-state index in [0.29, 0.717) is 11.8 Å². The van der Waals surface area contributed by atoms with Gasteiger partial charge in [-0.1, -0.05) is 13.8 Å². The minimum atomic E-state index is -0.875. The Labute approximate surface area is 86.1 Å². The predicted octanol–water partition coefficient (Wildman–Crippen LogP) is 1.26. The highest BCUT2D eigenvalue weighted by atomic mass is 16.3. The standard InChI is InChI=1S/C11H21NO2/c1-8(2)9-6-12(7-9)10(13)5-11(3,4)14/h8-9,14H,5-7H2,1-4H3. The summed E-state index contributed by atoms with van der Waals surface area (Å²) in [4.78, 5) is 13.4. The Hall–Kier alpha value is -0.570. The van der Waals surface area contributed by atoms with Gasteiger partial charge >= 0.3 is 0 Å². The SMILES string of the molecule is CC(C)C1CN(C(=O)CC(C)(C)O)C1. The van der Waals surface area contributed by atoms with Gasteiger partial charge in [0, 0.05) is 13.1 Å². The number of amides is 1. The lowest BCUT2D eigenvalue weighted by Gasteiger charge is -2.42. The van der Waals surface area contributed by atoms with Crippen LogP contribution in [-0.4, -0.2) is 34.6 Å². The molecule has 3 nitrogen and oxygen atoms in total. The second-order valence-corrected chi connectivity index (χ2v) is 5.29. The summed E-state index contributed by atoms with van der Waals surface area (Å²) >= 11 is 0. The summed E-state index contributed by atoms with van der Waals surface area (Å²) in [5.41, 5.74) is -0.875. The molecule has 0 radical (unpaired) electrons. The van der Waals surface area contributed by atoms with Gasteiger partial charge in [0.2, 0.25) is 5.91 Å². The van der Waals surface area contributed by atoms with Crippen molar-refractivity contribution in [3.05, 3.63) is 0 Å². The van der Waals surface area contributed by atoms with E-state index < -0.39 is 5.60 Å². The number of aliphatic hydroxyl groups is 1. The Morgan fingerprint density at radius 3 is 2.36 bits per heavy atom. The molecule has 0 aliphatic carbocycles. The van der Waals surface area contributed by atoms with Crippen LogP contribution in [-0.2, 0) is 4.79 Å². The molecule has 1 amide bonds. The molecule has 0 saturated carbocycles. The highest BCUT2D eigenvalue weighted by molar-refractivity contribution is 5.77. The lowest BCUT2D eigenvalue weighted by molar-refractivity contribution is -0.142. The van der Waals surface area contributed by atoms with Crippen molar-refractivity contribution >= 4 is 5.91 Å². The maximum absolute atomic E-state index is 11.6. The lowest BCUT2D eigenvalue weighted by atomic mass is 9.87. The fourth-order valence-corrected chi connectivity index (χ4v) is 1.62. The minimum Gasteiger partial charge on any atom is -0.390 e. The second kappa shape index (κ2) is 3.89. The van der Waals surface area contributed by atoms with Crippen LogP contribution in [0.1, 0.15) is 34.1 Å². The van der Waals surface area contributed by atoms with Crippen molar-refractivity contribution in [3.8, 4) is 0 Å². The van der Waals surface area contributed by atoms with Crippen molar-refractivity contribution in [1.29, 1.82) is 0 Å². The Bertz CT molecular complexity index is 212. The van der Waals surface area contributed by atoms with Gasteiger partial charge in [-0.15, -0.1) is 0 Å². The van der Waals surface area contributed by atoms with Crippen molar-refractivity contribution in [2.45, 2.75) is 39.7 Å². The quantitative estimate of drug-likeness (QED) is 0.743. The van der Waals surface area contributed by atoms with Gasteiger partial charge in [0.1, 0.15) is 0 Å². The van der Waals surface area contributed by atoms with Crippen molar-refractivity contribution in [3.63, 3.8) is 0 Å². The largest absolute Gasteiger partial charge is 0.390 e. The summed E-state index contributed by atoms with van der Waals surface area (Å²) in [6.45, 7) is 9.44. The Balaban J connectivity index is 2.30. The predicted molar refractivity (Wildman–Crippen MR) is 55.8 cm³/mol. The first-order valence-electron chi connectivity index (χ1n) is 5.30. The number of rotatable bonds is 3. The van der Waals surface area contributed by atoms with Gasteiger partial charge < -0.3 is 10.0 Å². The van der Waals surface area contributed by atoms with Gasteiger partial charge in [-0.3, -0.25) is 4.79 Å². The molecule has 0 aromatic carbocycles. The molecule has 1 aliphatic heterocycles. The second-order valence-electron chi connectivity index (χ2n) is 5.29. The lowest BCUT2D eigenvalue weighted by Crippen LogP contribution is -2.53. The molecule has 1 N–H and O–H groups in total. The smallest absolute Gasteiger partial charge is 0.225 e. The monoisotopic (exact) mass is 199 g/mol. The molecule has 0 aromatic heterocycles. The van der Waals surface area contributed by atoms with Crippen LogP contribution in [0, 0.1) is 11.8 Å². The molecule has 0 atom stereocenters. The molecule has 1 rings (SSSR count). The van der Waals surface area contributed by atoms with Crippen molar-refractivity contribution < 1.29 is 9.90 Å². The van der Waals surface area contributed by atoms with E-state index in [0.717, 1.165) is 13.1 Å². The van der Waals surface area contributed by atoms with Gasteiger partial charge in [-0.25, -0.2) is 0 Å². The fraction of sp³-hybridized carbons (Fsp3) is 0.909. The zero-order chi connectivity index (χ0) is 10.9. The summed E-state index contributed by atoms with van der Waals surface area (Å²) in [7, 11) is 0. The molecule has 14 heavy (non-hydrogen) atoms. The van der Waals surface area contributed by atoms with Crippen LogP contribution in [0.15, 0.2) is 0 Å². The molecule has 1 aliphatic rings. The zero-order valence-corrected chi connectivity index (χ0v) is 9.58. The number of likely N-dealkylation sites (tertiary alicyclic amines) is 1. The highest BCUT2D eigenvalue weighted by Crippen LogP contribution is 2.25. The number of carbonyl (C=O) groups is 1. The normalized spacial score (nSPS) is 18.6. The molecule has 0 aromatic rings. The molecule has 1 saturated heterocycles. The van der Waals surface area contributed by atoms with E-state index in [1.807, 2.05) is 4.90 Å². The van der Waals surface area contributed by atoms with Crippen LogP contribution in [0.25, 0.3) is 0 Å². The van der Waals surface area contributed by atoms with Gasteiger partial charge in [-0.05, 0) is 25.7 Å². The zero-order valence-electron chi connectivity index (χ0n) is 9.58. The molecule has 0 unspecified atom stereocenters. The van der Waals surface area contributed by atoms with Crippen LogP contribution in [0.3, 0.4) is 0 Å². The minimum absolute atomic E-state index is 0.0781. The Morgan fingerprint density at radius 2 is 2.00 bits per heavy atom. The first-order valence-corrected chi connectivity index (χ1v) is 5.30. The fourth-order valence-electron chi connectivity index (χ4n) is 1.62. The third-order valence-electron chi connectivity index (χ3n) is 2.79. The van der Waals surface area contributed by atoms with Crippen molar-refractivity contribution in [2.75, 3.05) is 13.1 Å². The highest BCUT2D eigenvalue weighted by Gasteiger charge is 2.34. The first-order chi connectivity index (χ1) is 6.29. The van der Waals surface area contributed by atoms with Gasteiger partial charge in [-0.2, -0.15) is 0 Å². The van der Waals surface area contributed by atoms with Crippen molar-refractivity contribution in [2.24, 2.45) is 11.8 Å². The van der Waals surface area contributed by atoms with E-state index in [9.17, 15) is 9.90 Å². The Morgan fingerprint density at radius 1 is 1.50 bits per heavy atom. The first kappa shape index (κ1) is 11.5. The average molecular weight is 199 g/mol. The maximum atomic E-state index is 11.6. The summed E-state index contributed by atoms with van der Waals surface area (Å²) in [6, 6.07) is 0. The van der Waals surface area contributed by atoms with E-state index in [1.54, 1.807) is 13.8 Å². The van der Waals surface area contributed by atoms with Crippen LogP contribution >= 0.6 is 0 Å². The summed E-state index contributed by atoms with van der Waals surface area (Å²) < 4.78 is 0.